The number of carboxylic acids is 1. The summed E-state index contributed by atoms with van der Waals surface area (Å²) in [5.74, 6) is -2.22. The molecule has 0 spiro atoms. The lowest BCUT2D eigenvalue weighted by atomic mass is 9.89. The number of carbonyl (C=O) groups excluding carboxylic acids is 2. The zero-order valence-corrected chi connectivity index (χ0v) is 14.3. The van der Waals surface area contributed by atoms with E-state index >= 15 is 0 Å². The molecule has 2 aliphatic rings. The van der Waals surface area contributed by atoms with Gasteiger partial charge < -0.3 is 20.1 Å². The van der Waals surface area contributed by atoms with Gasteiger partial charge in [-0.3, -0.25) is 9.59 Å². The summed E-state index contributed by atoms with van der Waals surface area (Å²) in [6.07, 6.45) is 0.492. The third kappa shape index (κ3) is 3.62. The van der Waals surface area contributed by atoms with Crippen LogP contribution in [0.2, 0.25) is 5.02 Å². The molecule has 0 radical (unpaired) electrons. The average Bonchev–Trinajstić information content (AvgIpc) is 2.98. The second-order valence-corrected chi connectivity index (χ2v) is 6.81. The number of ether oxygens (including phenoxy) is 1. The maximum Gasteiger partial charge on any atom is 0.329 e. The van der Waals surface area contributed by atoms with Crippen LogP contribution < -0.4 is 10.2 Å². The van der Waals surface area contributed by atoms with Gasteiger partial charge in [0.1, 0.15) is 5.54 Å². The molecule has 8 heteroatoms. The number of nitrogens with one attached hydrogen (secondary N) is 1. The van der Waals surface area contributed by atoms with Crippen LogP contribution in [0.5, 0.6) is 0 Å². The van der Waals surface area contributed by atoms with Gasteiger partial charge in [-0.1, -0.05) is 11.6 Å². The first kappa shape index (κ1) is 17.7. The number of benzene rings is 1. The predicted octanol–water partition coefficient (Wildman–Crippen LogP) is 1.44. The van der Waals surface area contributed by atoms with Crippen LogP contribution in [0.1, 0.15) is 19.3 Å². The van der Waals surface area contributed by atoms with Crippen LogP contribution in [0.4, 0.5) is 5.69 Å². The van der Waals surface area contributed by atoms with E-state index < -0.39 is 23.3 Å². The quantitative estimate of drug-likeness (QED) is 0.840. The van der Waals surface area contributed by atoms with Crippen molar-refractivity contribution >= 4 is 35.1 Å². The van der Waals surface area contributed by atoms with Crippen molar-refractivity contribution in [2.45, 2.75) is 24.8 Å². The minimum atomic E-state index is -1.31. The molecule has 1 unspecified atom stereocenters. The summed E-state index contributed by atoms with van der Waals surface area (Å²) >= 11 is 5.85. The smallest absolute Gasteiger partial charge is 0.329 e. The minimum Gasteiger partial charge on any atom is -0.480 e. The lowest BCUT2D eigenvalue weighted by Gasteiger charge is -2.34. The summed E-state index contributed by atoms with van der Waals surface area (Å²) in [6, 6.07) is 6.80. The van der Waals surface area contributed by atoms with Crippen molar-refractivity contribution in [3.63, 3.8) is 0 Å². The molecule has 25 heavy (non-hydrogen) atoms. The molecule has 2 aliphatic heterocycles. The van der Waals surface area contributed by atoms with Gasteiger partial charge in [0, 0.05) is 49.7 Å². The summed E-state index contributed by atoms with van der Waals surface area (Å²) in [4.78, 5) is 38.0. The molecule has 0 bridgehead atoms. The van der Waals surface area contributed by atoms with Gasteiger partial charge in [-0.15, -0.1) is 0 Å². The van der Waals surface area contributed by atoms with E-state index in [1.54, 1.807) is 24.3 Å². The zero-order valence-electron chi connectivity index (χ0n) is 13.5. The standard InChI is InChI=1S/C17H19ClN2O5/c18-12-1-3-13(4-2-12)20-10-11(9-14(20)21)15(22)19-17(16(23)24)5-7-25-8-6-17/h1-4,11H,5-10H2,(H,19,22)(H,23,24). The van der Waals surface area contributed by atoms with Gasteiger partial charge in [-0.2, -0.15) is 0 Å². The zero-order chi connectivity index (χ0) is 18.0. The molecular formula is C17H19ClN2O5. The van der Waals surface area contributed by atoms with E-state index in [4.69, 9.17) is 16.3 Å². The molecule has 1 aromatic carbocycles. The van der Waals surface area contributed by atoms with Crippen LogP contribution in [-0.4, -0.2) is 48.2 Å². The lowest BCUT2D eigenvalue weighted by molar-refractivity contribution is -0.152. The fourth-order valence-corrected chi connectivity index (χ4v) is 3.33. The van der Waals surface area contributed by atoms with Gasteiger partial charge in [0.2, 0.25) is 11.8 Å². The number of aliphatic carboxylic acids is 1. The van der Waals surface area contributed by atoms with Gasteiger partial charge in [-0.05, 0) is 24.3 Å². The largest absolute Gasteiger partial charge is 0.480 e. The van der Waals surface area contributed by atoms with Crippen LogP contribution in [0.25, 0.3) is 0 Å². The lowest BCUT2D eigenvalue weighted by Crippen LogP contribution is -2.58. The molecule has 2 amide bonds. The van der Waals surface area contributed by atoms with E-state index in [9.17, 15) is 19.5 Å². The third-order valence-electron chi connectivity index (χ3n) is 4.75. The molecule has 1 atom stereocenters. The van der Waals surface area contributed by atoms with Crippen molar-refractivity contribution in [3.8, 4) is 0 Å². The summed E-state index contributed by atoms with van der Waals surface area (Å²) in [5, 5.41) is 12.7. The number of anilines is 1. The second kappa shape index (κ2) is 7.01. The number of halogens is 1. The molecule has 0 aliphatic carbocycles. The molecule has 2 saturated heterocycles. The highest BCUT2D eigenvalue weighted by molar-refractivity contribution is 6.30. The number of amides is 2. The molecule has 7 nitrogen and oxygen atoms in total. The number of carboxylic acid groups (broad SMARTS) is 1. The summed E-state index contributed by atoms with van der Waals surface area (Å²) in [6.45, 7) is 0.790. The summed E-state index contributed by atoms with van der Waals surface area (Å²) < 4.78 is 5.20. The van der Waals surface area contributed by atoms with Gasteiger partial charge in [0.05, 0.1) is 5.92 Å². The predicted molar refractivity (Wildman–Crippen MR) is 90.5 cm³/mol. The molecule has 0 aromatic heterocycles. The third-order valence-corrected chi connectivity index (χ3v) is 5.00. The Hall–Kier alpha value is -2.12. The molecule has 134 valence electrons. The van der Waals surface area contributed by atoms with Gasteiger partial charge in [-0.25, -0.2) is 4.79 Å². The maximum absolute atomic E-state index is 12.6. The molecule has 3 rings (SSSR count). The van der Waals surface area contributed by atoms with Crippen molar-refractivity contribution in [3.05, 3.63) is 29.3 Å². The van der Waals surface area contributed by atoms with E-state index in [0.717, 1.165) is 0 Å². The molecule has 2 N–H and O–H groups in total. The number of rotatable bonds is 4. The molecule has 0 saturated carbocycles. The Balaban J connectivity index is 1.70. The number of hydrogen-bond acceptors (Lipinski definition) is 4. The number of hydrogen-bond donors (Lipinski definition) is 2. The first-order valence-corrected chi connectivity index (χ1v) is 8.48. The van der Waals surface area contributed by atoms with Crippen molar-refractivity contribution in [2.24, 2.45) is 5.92 Å². The van der Waals surface area contributed by atoms with Crippen molar-refractivity contribution in [1.29, 1.82) is 0 Å². The maximum atomic E-state index is 12.6. The molecule has 2 heterocycles. The number of nitrogens with zero attached hydrogens (tertiary/aromatic N) is 1. The van der Waals surface area contributed by atoms with E-state index in [0.29, 0.717) is 10.7 Å². The van der Waals surface area contributed by atoms with Gasteiger partial charge in [0.15, 0.2) is 0 Å². The fourth-order valence-electron chi connectivity index (χ4n) is 3.20. The Kier molecular flexibility index (Phi) is 4.96. The first-order chi connectivity index (χ1) is 11.9. The van der Waals surface area contributed by atoms with Crippen LogP contribution in [0.15, 0.2) is 24.3 Å². The Morgan fingerprint density at radius 3 is 2.48 bits per heavy atom. The highest BCUT2D eigenvalue weighted by atomic mass is 35.5. The Morgan fingerprint density at radius 2 is 1.88 bits per heavy atom. The van der Waals surface area contributed by atoms with Gasteiger partial charge >= 0.3 is 5.97 Å². The summed E-state index contributed by atoms with van der Waals surface area (Å²) in [7, 11) is 0. The van der Waals surface area contributed by atoms with Crippen LogP contribution in [-0.2, 0) is 19.1 Å². The Morgan fingerprint density at radius 1 is 1.24 bits per heavy atom. The molecule has 1 aromatic rings. The summed E-state index contributed by atoms with van der Waals surface area (Å²) in [5.41, 5.74) is -0.643. The Bertz CT molecular complexity index is 685. The fraction of sp³-hybridized carbons (Fsp3) is 0.471. The monoisotopic (exact) mass is 366 g/mol. The van der Waals surface area contributed by atoms with Crippen LogP contribution in [0, 0.1) is 5.92 Å². The van der Waals surface area contributed by atoms with Crippen molar-refractivity contribution in [1.82, 2.24) is 5.32 Å². The molecular weight excluding hydrogens is 348 g/mol. The second-order valence-electron chi connectivity index (χ2n) is 6.37. The van der Waals surface area contributed by atoms with Crippen LogP contribution >= 0.6 is 11.6 Å². The van der Waals surface area contributed by atoms with E-state index in [2.05, 4.69) is 5.32 Å². The van der Waals surface area contributed by atoms with Crippen molar-refractivity contribution < 1.29 is 24.2 Å². The van der Waals surface area contributed by atoms with E-state index in [1.165, 1.54) is 4.90 Å². The average molecular weight is 367 g/mol. The number of carbonyl (C=O) groups is 3. The van der Waals surface area contributed by atoms with Crippen LogP contribution in [0.3, 0.4) is 0 Å². The first-order valence-electron chi connectivity index (χ1n) is 8.10. The van der Waals surface area contributed by atoms with Gasteiger partial charge in [0.25, 0.3) is 0 Å². The van der Waals surface area contributed by atoms with E-state index in [1.807, 2.05) is 0 Å². The van der Waals surface area contributed by atoms with E-state index in [-0.39, 0.29) is 44.9 Å². The normalized spacial score (nSPS) is 22.7. The molecule has 2 fully saturated rings. The topological polar surface area (TPSA) is 95.9 Å². The Labute approximate surface area is 149 Å². The minimum absolute atomic E-state index is 0.0562. The SMILES string of the molecule is O=C(NC1(C(=O)O)CCOCC1)C1CC(=O)N(c2ccc(Cl)cc2)C1. The highest BCUT2D eigenvalue weighted by Gasteiger charge is 2.44. The van der Waals surface area contributed by atoms with Crippen molar-refractivity contribution in [2.75, 3.05) is 24.7 Å². The highest BCUT2D eigenvalue weighted by Crippen LogP contribution is 2.28.